The van der Waals surface area contributed by atoms with Crippen molar-refractivity contribution in [2.24, 2.45) is 5.92 Å². The molecule has 1 fully saturated rings. The van der Waals surface area contributed by atoms with Gasteiger partial charge < -0.3 is 0 Å². The number of hydrogen-bond donors (Lipinski definition) is 1. The van der Waals surface area contributed by atoms with E-state index in [1.165, 1.54) is 12.6 Å². The fourth-order valence-corrected chi connectivity index (χ4v) is 4.90. The van der Waals surface area contributed by atoms with Crippen molar-refractivity contribution in [3.05, 3.63) is 11.2 Å². The number of aryl methyl sites for hydroxylation is 1. The molecule has 1 aliphatic heterocycles. The van der Waals surface area contributed by atoms with Crippen molar-refractivity contribution in [2.45, 2.75) is 50.3 Å². The largest absolute Gasteiger partial charge is 0.292 e. The van der Waals surface area contributed by atoms with Crippen LogP contribution in [0.5, 0.6) is 0 Å². The number of nitrogens with one attached hydrogen (secondary N) is 1. The van der Waals surface area contributed by atoms with E-state index in [-0.39, 0.29) is 10.1 Å². The van der Waals surface area contributed by atoms with Gasteiger partial charge in [-0.2, -0.15) is 0 Å². The number of carbonyl (C=O) groups is 1. The van der Waals surface area contributed by atoms with Gasteiger partial charge in [-0.05, 0) is 38.8 Å². The lowest BCUT2D eigenvalue weighted by molar-refractivity contribution is -0.126. The number of piperidine rings is 1. The molecule has 0 bridgehead atoms. The van der Waals surface area contributed by atoms with E-state index in [9.17, 15) is 13.2 Å². The molecule has 6 nitrogen and oxygen atoms in total. The molecule has 1 aromatic rings. The van der Waals surface area contributed by atoms with Crippen molar-refractivity contribution in [3.8, 4) is 0 Å². The number of thiazole rings is 1. The van der Waals surface area contributed by atoms with Crippen LogP contribution in [0.15, 0.2) is 10.4 Å². The summed E-state index contributed by atoms with van der Waals surface area (Å²) in [4.78, 5) is 18.6. The monoisotopic (exact) mass is 345 g/mol. The van der Waals surface area contributed by atoms with Crippen molar-refractivity contribution >= 4 is 27.3 Å². The van der Waals surface area contributed by atoms with E-state index in [1.807, 2.05) is 13.8 Å². The maximum atomic E-state index is 12.5. The van der Waals surface area contributed by atoms with Crippen LogP contribution in [-0.2, 0) is 14.8 Å². The molecule has 0 aliphatic carbocycles. The maximum Gasteiger partial charge on any atom is 0.275 e. The highest BCUT2D eigenvalue weighted by Gasteiger charge is 2.33. The fourth-order valence-electron chi connectivity index (χ4n) is 2.80. The summed E-state index contributed by atoms with van der Waals surface area (Å²) in [5, 5.41) is 0.657. The molecule has 1 aromatic heterocycles. The lowest BCUT2D eigenvalue weighted by Gasteiger charge is -2.35. The molecule has 1 N–H and O–H groups in total. The molecule has 1 saturated heterocycles. The third kappa shape index (κ3) is 4.05. The van der Waals surface area contributed by atoms with Crippen molar-refractivity contribution < 1.29 is 13.2 Å². The van der Waals surface area contributed by atoms with Crippen LogP contribution in [0.1, 0.15) is 38.1 Å². The zero-order chi connectivity index (χ0) is 16.3. The van der Waals surface area contributed by atoms with Crippen LogP contribution in [0.4, 0.5) is 0 Å². The van der Waals surface area contributed by atoms with Gasteiger partial charge in [-0.3, -0.25) is 9.69 Å². The third-order valence-corrected chi connectivity index (χ3v) is 6.50. The van der Waals surface area contributed by atoms with Crippen LogP contribution in [0.3, 0.4) is 0 Å². The smallest absolute Gasteiger partial charge is 0.275 e. The van der Waals surface area contributed by atoms with Crippen molar-refractivity contribution in [1.82, 2.24) is 14.6 Å². The minimum atomic E-state index is -3.83. The summed E-state index contributed by atoms with van der Waals surface area (Å²) in [7, 11) is -3.83. The van der Waals surface area contributed by atoms with Gasteiger partial charge >= 0.3 is 0 Å². The molecule has 0 saturated carbocycles. The first-order valence-corrected chi connectivity index (χ1v) is 9.84. The lowest BCUT2D eigenvalue weighted by Crippen LogP contribution is -2.52. The summed E-state index contributed by atoms with van der Waals surface area (Å²) in [5.74, 6) is -0.389. The number of amides is 1. The van der Waals surface area contributed by atoms with E-state index >= 15 is 0 Å². The Morgan fingerprint density at radius 3 is 2.45 bits per heavy atom. The average Bonchev–Trinajstić information content (AvgIpc) is 2.86. The SMILES string of the molecule is Cc1ncc(S(=O)(=O)NC(=O)C(C(C)C)N2CCCCC2)s1. The normalized spacial score (nSPS) is 18.4. The van der Waals surface area contributed by atoms with Gasteiger partial charge in [0.05, 0.1) is 17.2 Å². The number of hydrogen-bond acceptors (Lipinski definition) is 6. The lowest BCUT2D eigenvalue weighted by atomic mass is 9.99. The van der Waals surface area contributed by atoms with Gasteiger partial charge in [0.25, 0.3) is 15.9 Å². The highest BCUT2D eigenvalue weighted by Crippen LogP contribution is 2.20. The Kier molecular flexibility index (Phi) is 5.57. The molecule has 1 amide bonds. The Morgan fingerprint density at radius 1 is 1.32 bits per heavy atom. The van der Waals surface area contributed by atoms with Gasteiger partial charge in [-0.1, -0.05) is 20.3 Å². The van der Waals surface area contributed by atoms with Gasteiger partial charge in [0.1, 0.15) is 0 Å². The molecule has 8 heteroatoms. The van der Waals surface area contributed by atoms with Crippen LogP contribution >= 0.6 is 11.3 Å². The van der Waals surface area contributed by atoms with Gasteiger partial charge in [0, 0.05) is 0 Å². The summed E-state index contributed by atoms with van der Waals surface area (Å²) in [6, 6.07) is -0.413. The Balaban J connectivity index is 2.14. The van der Waals surface area contributed by atoms with E-state index in [4.69, 9.17) is 0 Å². The minimum Gasteiger partial charge on any atom is -0.292 e. The van der Waals surface area contributed by atoms with E-state index in [2.05, 4.69) is 14.6 Å². The van der Waals surface area contributed by atoms with Crippen molar-refractivity contribution in [3.63, 3.8) is 0 Å². The Labute approximate surface area is 136 Å². The van der Waals surface area contributed by atoms with E-state index in [0.29, 0.717) is 5.01 Å². The first-order valence-electron chi connectivity index (χ1n) is 7.54. The predicted octanol–water partition coefficient (Wildman–Crippen LogP) is 1.77. The number of rotatable bonds is 5. The summed E-state index contributed by atoms with van der Waals surface area (Å²) >= 11 is 1.06. The van der Waals surface area contributed by atoms with Crippen molar-refractivity contribution in [1.29, 1.82) is 0 Å². The van der Waals surface area contributed by atoms with Gasteiger partial charge in [0.2, 0.25) is 0 Å². The molecule has 1 atom stereocenters. The fraction of sp³-hybridized carbons (Fsp3) is 0.714. The van der Waals surface area contributed by atoms with Gasteiger partial charge in [-0.25, -0.2) is 18.1 Å². The zero-order valence-corrected chi connectivity index (χ0v) is 14.8. The Bertz CT molecular complexity index is 619. The number of carbonyl (C=O) groups excluding carboxylic acids is 1. The summed E-state index contributed by atoms with van der Waals surface area (Å²) in [6.07, 6.45) is 4.57. The Hall–Kier alpha value is -0.990. The molecule has 1 unspecified atom stereocenters. The average molecular weight is 345 g/mol. The zero-order valence-electron chi connectivity index (χ0n) is 13.2. The predicted molar refractivity (Wildman–Crippen MR) is 86.2 cm³/mol. The van der Waals surface area contributed by atoms with Gasteiger partial charge in [-0.15, -0.1) is 11.3 Å². The summed E-state index contributed by atoms with van der Waals surface area (Å²) < 4.78 is 26.9. The minimum absolute atomic E-state index is 0.0523. The van der Waals surface area contributed by atoms with Crippen LogP contribution in [0.2, 0.25) is 0 Å². The topological polar surface area (TPSA) is 79.4 Å². The van der Waals surface area contributed by atoms with E-state index in [0.717, 1.165) is 37.3 Å². The Morgan fingerprint density at radius 2 is 1.95 bits per heavy atom. The number of sulfonamides is 1. The second-order valence-electron chi connectivity index (χ2n) is 5.95. The molecule has 2 heterocycles. The number of aromatic nitrogens is 1. The van der Waals surface area contributed by atoms with Crippen molar-refractivity contribution in [2.75, 3.05) is 13.1 Å². The number of nitrogens with zero attached hydrogens (tertiary/aromatic N) is 2. The van der Waals surface area contributed by atoms with Crippen LogP contribution in [0, 0.1) is 12.8 Å². The van der Waals surface area contributed by atoms with Crippen LogP contribution in [-0.4, -0.2) is 43.3 Å². The molecule has 0 aromatic carbocycles. The highest BCUT2D eigenvalue weighted by molar-refractivity contribution is 7.92. The second-order valence-corrected chi connectivity index (χ2v) is 9.10. The highest BCUT2D eigenvalue weighted by atomic mass is 32.2. The molecule has 0 radical (unpaired) electrons. The first kappa shape index (κ1) is 17.4. The van der Waals surface area contributed by atoms with E-state index in [1.54, 1.807) is 6.92 Å². The maximum absolute atomic E-state index is 12.5. The number of likely N-dealkylation sites (tertiary alicyclic amines) is 1. The standard InChI is InChI=1S/C14H23N3O3S2/c1-10(2)13(17-7-5-4-6-8-17)14(18)16-22(19,20)12-9-15-11(3)21-12/h9-10,13H,4-8H2,1-3H3,(H,16,18). The molecular formula is C14H23N3O3S2. The molecule has 2 rings (SSSR count). The van der Waals surface area contributed by atoms with Crippen LogP contribution in [0.25, 0.3) is 0 Å². The first-order chi connectivity index (χ1) is 10.3. The quantitative estimate of drug-likeness (QED) is 0.880. The van der Waals surface area contributed by atoms with Crippen LogP contribution < -0.4 is 4.72 Å². The molecular weight excluding hydrogens is 322 g/mol. The van der Waals surface area contributed by atoms with E-state index < -0.39 is 22.0 Å². The molecule has 124 valence electrons. The summed E-state index contributed by atoms with van der Waals surface area (Å²) in [6.45, 7) is 7.31. The molecule has 1 aliphatic rings. The second kappa shape index (κ2) is 7.06. The van der Waals surface area contributed by atoms with Gasteiger partial charge in [0.15, 0.2) is 4.21 Å². The molecule has 22 heavy (non-hydrogen) atoms. The molecule has 0 spiro atoms. The third-order valence-electron chi connectivity index (χ3n) is 3.78. The summed E-state index contributed by atoms with van der Waals surface area (Å²) in [5.41, 5.74) is 0.